The smallest absolute Gasteiger partial charge is 0.407 e. The first-order valence-electron chi connectivity index (χ1n) is 16.0. The number of aromatic nitrogens is 2. The van der Waals surface area contributed by atoms with Crippen molar-refractivity contribution in [1.82, 2.24) is 24.7 Å². The number of carbonyl (C=O) groups is 3. The van der Waals surface area contributed by atoms with E-state index in [0.29, 0.717) is 24.5 Å². The summed E-state index contributed by atoms with van der Waals surface area (Å²) in [5.74, 6) is -0.0465. The average Bonchev–Trinajstić information content (AvgIpc) is 3.21. The lowest BCUT2D eigenvalue weighted by Crippen LogP contribution is -2.48. The van der Waals surface area contributed by atoms with Crippen molar-refractivity contribution in [2.75, 3.05) is 44.2 Å². The third kappa shape index (κ3) is 7.63. The number of fused-ring (bicyclic) bond motifs is 1. The highest BCUT2D eigenvalue weighted by Crippen LogP contribution is 2.29. The quantitative estimate of drug-likeness (QED) is 0.436. The Morgan fingerprint density at radius 3 is 2.39 bits per heavy atom. The molecule has 3 amide bonds. The predicted molar refractivity (Wildman–Crippen MR) is 168 cm³/mol. The van der Waals surface area contributed by atoms with E-state index < -0.39 is 23.6 Å². The molecule has 242 valence electrons. The van der Waals surface area contributed by atoms with Crippen molar-refractivity contribution in [3.8, 4) is 0 Å². The fourth-order valence-electron chi connectivity index (χ4n) is 6.64. The Bertz CT molecular complexity index is 1410. The van der Waals surface area contributed by atoms with Crippen molar-refractivity contribution in [3.05, 3.63) is 28.7 Å². The maximum Gasteiger partial charge on any atom is 0.407 e. The highest BCUT2D eigenvalue weighted by atomic mass is 16.6. The molecule has 1 aromatic carbocycles. The molecule has 2 saturated heterocycles. The van der Waals surface area contributed by atoms with E-state index in [4.69, 9.17) is 9.47 Å². The molecule has 12 heteroatoms. The van der Waals surface area contributed by atoms with E-state index in [9.17, 15) is 19.2 Å². The van der Waals surface area contributed by atoms with E-state index in [2.05, 4.69) is 20.4 Å². The van der Waals surface area contributed by atoms with Gasteiger partial charge in [-0.3, -0.25) is 28.9 Å². The molecule has 12 nitrogen and oxygen atoms in total. The van der Waals surface area contributed by atoms with Gasteiger partial charge in [0.15, 0.2) is 0 Å². The summed E-state index contributed by atoms with van der Waals surface area (Å²) in [5.41, 5.74) is 1.81. The zero-order valence-electron chi connectivity index (χ0n) is 26.8. The van der Waals surface area contributed by atoms with Gasteiger partial charge in [-0.25, -0.2) is 9.59 Å². The van der Waals surface area contributed by atoms with Crippen LogP contribution in [0.1, 0.15) is 72.3 Å². The normalized spacial score (nSPS) is 24.3. The molecule has 1 aromatic heterocycles. The van der Waals surface area contributed by atoms with Crippen LogP contribution < -0.4 is 21.2 Å². The summed E-state index contributed by atoms with van der Waals surface area (Å²) in [6.07, 6.45) is 4.76. The monoisotopic (exact) mass is 612 g/mol. The number of anilines is 1. The van der Waals surface area contributed by atoms with Crippen molar-refractivity contribution in [1.29, 1.82) is 0 Å². The van der Waals surface area contributed by atoms with Gasteiger partial charge in [-0.15, -0.1) is 0 Å². The topological polar surface area (TPSA) is 127 Å². The van der Waals surface area contributed by atoms with Gasteiger partial charge < -0.3 is 19.7 Å². The fraction of sp³-hybridized carbons (Fsp3) is 0.688. The molecule has 2 aromatic rings. The summed E-state index contributed by atoms with van der Waals surface area (Å²) in [4.78, 5) is 54.1. The number of hydrogen-bond donors (Lipinski definition) is 2. The lowest BCUT2D eigenvalue weighted by Gasteiger charge is -2.39. The summed E-state index contributed by atoms with van der Waals surface area (Å²) in [7, 11) is 1.73. The minimum Gasteiger partial charge on any atom is -0.444 e. The number of alkyl carbamates (subject to hydrolysis) is 1. The first kappa shape index (κ1) is 32.0. The number of carbonyl (C=O) groups excluding carboxylic acids is 3. The van der Waals surface area contributed by atoms with Crippen molar-refractivity contribution < 1.29 is 23.9 Å². The lowest BCUT2D eigenvalue weighted by molar-refractivity contribution is -0.135. The van der Waals surface area contributed by atoms with E-state index in [0.717, 1.165) is 69.6 Å². The van der Waals surface area contributed by atoms with Crippen LogP contribution in [0.4, 0.5) is 10.5 Å². The maximum absolute atomic E-state index is 13.1. The highest BCUT2D eigenvalue weighted by Gasteiger charge is 2.32. The summed E-state index contributed by atoms with van der Waals surface area (Å²) in [6, 6.07) is 5.22. The minimum atomic E-state index is -0.676. The molecule has 0 bridgehead atoms. The molecule has 3 aliphatic rings. The molecule has 3 heterocycles. The second kappa shape index (κ2) is 13.3. The molecule has 5 rings (SSSR count). The van der Waals surface area contributed by atoms with Crippen LogP contribution in [0.5, 0.6) is 0 Å². The number of imidazole rings is 1. The van der Waals surface area contributed by atoms with Gasteiger partial charge in [0.25, 0.3) is 0 Å². The number of hydrogen-bond acceptors (Lipinski definition) is 8. The second-order valence-electron chi connectivity index (χ2n) is 13.7. The lowest BCUT2D eigenvalue weighted by atomic mass is 9.87. The van der Waals surface area contributed by atoms with Crippen molar-refractivity contribution in [3.63, 3.8) is 0 Å². The molecular formula is C32H48N6O6. The standard InChI is InChI=1S/C32H48N6O6/c1-21(33-30(41)44-32(2,3)4)20-43-24-9-6-22(7-10-24)19-36-14-16-37(17-15-36)23-8-11-25-27(18-23)35(5)31(42)38(25)26-12-13-28(39)34-29(26)40/h8,11,18,21-22,24,26H,6-7,9-10,12-17,19-20H2,1-5H3,(H,33,41)(H,34,39,40)/t21-,22?,24?,26?/m1/s1. The Kier molecular flexibility index (Phi) is 9.69. The van der Waals surface area contributed by atoms with Crippen LogP contribution in [0, 0.1) is 5.92 Å². The van der Waals surface area contributed by atoms with Crippen LogP contribution in [0.3, 0.4) is 0 Å². The molecule has 3 fully saturated rings. The number of nitrogens with zero attached hydrogens (tertiary/aromatic N) is 4. The first-order valence-corrected chi connectivity index (χ1v) is 16.0. The van der Waals surface area contributed by atoms with Gasteiger partial charge in [-0.05, 0) is 83.9 Å². The Hall–Kier alpha value is -3.38. The molecule has 2 N–H and O–H groups in total. The fourth-order valence-corrected chi connectivity index (χ4v) is 6.64. The number of piperidine rings is 1. The summed E-state index contributed by atoms with van der Waals surface area (Å²) >= 11 is 0. The Morgan fingerprint density at radius 1 is 1.02 bits per heavy atom. The van der Waals surface area contributed by atoms with Crippen LogP contribution in [-0.2, 0) is 26.1 Å². The van der Waals surface area contributed by atoms with Crippen molar-refractivity contribution in [2.24, 2.45) is 13.0 Å². The number of ether oxygens (including phenoxy) is 2. The van der Waals surface area contributed by atoms with Crippen LogP contribution in [0.2, 0.25) is 0 Å². The van der Waals surface area contributed by atoms with Crippen LogP contribution in [-0.4, -0.2) is 89.0 Å². The van der Waals surface area contributed by atoms with Crippen LogP contribution in [0.25, 0.3) is 11.0 Å². The van der Waals surface area contributed by atoms with Gasteiger partial charge in [0.2, 0.25) is 11.8 Å². The zero-order chi connectivity index (χ0) is 31.6. The molecule has 44 heavy (non-hydrogen) atoms. The maximum atomic E-state index is 13.1. The summed E-state index contributed by atoms with van der Waals surface area (Å²) in [6.45, 7) is 12.9. The number of piperazine rings is 1. The molecule has 0 spiro atoms. The minimum absolute atomic E-state index is 0.102. The number of nitrogens with one attached hydrogen (secondary N) is 2. The zero-order valence-corrected chi connectivity index (χ0v) is 26.8. The summed E-state index contributed by atoms with van der Waals surface area (Å²) < 4.78 is 14.6. The Labute approximate surface area is 259 Å². The van der Waals surface area contributed by atoms with Crippen LogP contribution in [0.15, 0.2) is 23.0 Å². The first-order chi connectivity index (χ1) is 20.9. The van der Waals surface area contributed by atoms with Crippen molar-refractivity contribution in [2.45, 2.75) is 90.0 Å². The number of aryl methyl sites for hydroxylation is 1. The molecular weight excluding hydrogens is 564 g/mol. The van der Waals surface area contributed by atoms with E-state index >= 15 is 0 Å². The molecule has 2 atom stereocenters. The average molecular weight is 613 g/mol. The Balaban J connectivity index is 1.07. The molecule has 1 unspecified atom stereocenters. The second-order valence-corrected chi connectivity index (χ2v) is 13.7. The number of amides is 3. The molecule has 0 radical (unpaired) electrons. The van der Waals surface area contributed by atoms with Crippen molar-refractivity contribution >= 4 is 34.6 Å². The van der Waals surface area contributed by atoms with Gasteiger partial charge in [0.1, 0.15) is 11.6 Å². The van der Waals surface area contributed by atoms with Gasteiger partial charge in [0, 0.05) is 51.9 Å². The van der Waals surface area contributed by atoms with E-state index in [-0.39, 0.29) is 30.2 Å². The predicted octanol–water partition coefficient (Wildman–Crippen LogP) is 2.93. The van der Waals surface area contributed by atoms with E-state index in [1.54, 1.807) is 11.6 Å². The van der Waals surface area contributed by atoms with Crippen LogP contribution >= 0.6 is 0 Å². The third-order valence-corrected chi connectivity index (χ3v) is 8.99. The Morgan fingerprint density at radius 2 is 1.73 bits per heavy atom. The van der Waals surface area contributed by atoms with Gasteiger partial charge in [-0.1, -0.05) is 0 Å². The molecule has 2 aliphatic heterocycles. The van der Waals surface area contributed by atoms with Gasteiger partial charge >= 0.3 is 11.8 Å². The summed E-state index contributed by atoms with van der Waals surface area (Å²) in [5, 5.41) is 5.21. The number of rotatable bonds is 8. The van der Waals surface area contributed by atoms with Gasteiger partial charge in [-0.2, -0.15) is 0 Å². The van der Waals surface area contributed by atoms with E-state index in [1.165, 1.54) is 4.57 Å². The van der Waals surface area contributed by atoms with Gasteiger partial charge in [0.05, 0.1) is 29.8 Å². The number of imide groups is 1. The molecule has 1 saturated carbocycles. The van der Waals surface area contributed by atoms with E-state index in [1.807, 2.05) is 45.9 Å². The largest absolute Gasteiger partial charge is 0.444 e. The third-order valence-electron chi connectivity index (χ3n) is 8.99. The number of benzene rings is 1. The molecule has 1 aliphatic carbocycles. The highest BCUT2D eigenvalue weighted by molar-refractivity contribution is 6.00. The SMILES string of the molecule is C[C@H](COC1CCC(CN2CCN(c3ccc4c(c3)n(C)c(=O)n4C3CCC(=O)NC3=O)CC2)CC1)NC(=O)OC(C)(C)C.